The molecule has 1 aliphatic heterocycles. The normalized spacial score (nSPS) is 20.1. The SMILES string of the molecule is C#CC(C)(C)NC1CCN(CCC)CC1. The minimum absolute atomic E-state index is 0.155. The molecular weight excluding hydrogens is 184 g/mol. The quantitative estimate of drug-likeness (QED) is 0.710. The average Bonchev–Trinajstić information content (AvgIpc) is 2.21. The van der Waals surface area contributed by atoms with Crippen molar-refractivity contribution in [2.24, 2.45) is 0 Å². The summed E-state index contributed by atoms with van der Waals surface area (Å²) >= 11 is 0. The largest absolute Gasteiger partial charge is 0.303 e. The molecule has 0 unspecified atom stereocenters. The van der Waals surface area contributed by atoms with Gasteiger partial charge in [0.2, 0.25) is 0 Å². The zero-order valence-electron chi connectivity index (χ0n) is 10.3. The second-order valence-corrected chi connectivity index (χ2v) is 5.03. The number of nitrogens with zero attached hydrogens (tertiary/aromatic N) is 1. The Labute approximate surface area is 94.4 Å². The van der Waals surface area contributed by atoms with Gasteiger partial charge >= 0.3 is 0 Å². The van der Waals surface area contributed by atoms with Gasteiger partial charge < -0.3 is 4.90 Å². The maximum atomic E-state index is 5.48. The molecule has 0 aromatic carbocycles. The van der Waals surface area contributed by atoms with Gasteiger partial charge in [-0.3, -0.25) is 5.32 Å². The van der Waals surface area contributed by atoms with Crippen molar-refractivity contribution in [1.29, 1.82) is 0 Å². The first-order valence-corrected chi connectivity index (χ1v) is 6.05. The molecule has 0 aromatic heterocycles. The molecule has 1 aliphatic rings. The number of rotatable bonds is 4. The van der Waals surface area contributed by atoms with Crippen molar-refractivity contribution >= 4 is 0 Å². The van der Waals surface area contributed by atoms with Crippen LogP contribution in [0.1, 0.15) is 40.0 Å². The van der Waals surface area contributed by atoms with Crippen LogP contribution in [0.25, 0.3) is 0 Å². The van der Waals surface area contributed by atoms with Gasteiger partial charge in [-0.15, -0.1) is 6.42 Å². The predicted molar refractivity (Wildman–Crippen MR) is 65.8 cm³/mol. The first-order chi connectivity index (χ1) is 7.07. The van der Waals surface area contributed by atoms with Crippen LogP contribution < -0.4 is 5.32 Å². The van der Waals surface area contributed by atoms with Crippen molar-refractivity contribution in [2.75, 3.05) is 19.6 Å². The lowest BCUT2D eigenvalue weighted by Gasteiger charge is -2.35. The molecule has 1 rings (SSSR count). The molecule has 0 spiro atoms. The molecule has 15 heavy (non-hydrogen) atoms. The lowest BCUT2D eigenvalue weighted by atomic mass is 9.99. The average molecular weight is 208 g/mol. The molecule has 1 fully saturated rings. The standard InChI is InChI=1S/C13H24N2/c1-5-9-15-10-7-12(8-11-15)14-13(3,4)6-2/h2,12,14H,5,7-11H2,1,3-4H3. The highest BCUT2D eigenvalue weighted by Gasteiger charge is 2.23. The van der Waals surface area contributed by atoms with Gasteiger partial charge in [0, 0.05) is 6.04 Å². The minimum atomic E-state index is -0.155. The van der Waals surface area contributed by atoms with E-state index in [0.717, 1.165) is 0 Å². The highest BCUT2D eigenvalue weighted by molar-refractivity contribution is 5.08. The summed E-state index contributed by atoms with van der Waals surface area (Å²) in [5, 5.41) is 3.54. The van der Waals surface area contributed by atoms with Crippen molar-refractivity contribution < 1.29 is 0 Å². The van der Waals surface area contributed by atoms with Crippen LogP contribution in [0.2, 0.25) is 0 Å². The third kappa shape index (κ3) is 4.24. The Bertz CT molecular complexity index is 219. The van der Waals surface area contributed by atoms with Crippen LogP contribution in [0.4, 0.5) is 0 Å². The first-order valence-electron chi connectivity index (χ1n) is 6.05. The van der Waals surface area contributed by atoms with E-state index in [-0.39, 0.29) is 5.54 Å². The van der Waals surface area contributed by atoms with Gasteiger partial charge in [0.1, 0.15) is 0 Å². The molecular formula is C13H24N2. The van der Waals surface area contributed by atoms with E-state index in [9.17, 15) is 0 Å². The smallest absolute Gasteiger partial charge is 0.0743 e. The molecule has 0 saturated carbocycles. The highest BCUT2D eigenvalue weighted by atomic mass is 15.1. The van der Waals surface area contributed by atoms with Crippen LogP contribution in [0.3, 0.4) is 0 Å². The van der Waals surface area contributed by atoms with E-state index in [2.05, 4.69) is 36.9 Å². The number of likely N-dealkylation sites (tertiary alicyclic amines) is 1. The molecule has 0 aliphatic carbocycles. The summed E-state index contributed by atoms with van der Waals surface area (Å²) in [5.41, 5.74) is -0.155. The molecule has 0 bridgehead atoms. The van der Waals surface area contributed by atoms with Crippen LogP contribution in [0.15, 0.2) is 0 Å². The third-order valence-corrected chi connectivity index (χ3v) is 3.05. The summed E-state index contributed by atoms with van der Waals surface area (Å²) < 4.78 is 0. The molecule has 0 amide bonds. The maximum Gasteiger partial charge on any atom is 0.0743 e. The summed E-state index contributed by atoms with van der Waals surface area (Å²) in [7, 11) is 0. The Morgan fingerprint density at radius 2 is 2.00 bits per heavy atom. The van der Waals surface area contributed by atoms with Crippen molar-refractivity contribution in [2.45, 2.75) is 51.6 Å². The molecule has 0 radical (unpaired) electrons. The van der Waals surface area contributed by atoms with Crippen LogP contribution in [-0.2, 0) is 0 Å². The minimum Gasteiger partial charge on any atom is -0.303 e. The van der Waals surface area contributed by atoms with E-state index in [1.54, 1.807) is 0 Å². The second kappa shape index (κ2) is 5.53. The second-order valence-electron chi connectivity index (χ2n) is 5.03. The fraction of sp³-hybridized carbons (Fsp3) is 0.846. The highest BCUT2D eigenvalue weighted by Crippen LogP contribution is 2.13. The van der Waals surface area contributed by atoms with Crippen LogP contribution in [0, 0.1) is 12.3 Å². The van der Waals surface area contributed by atoms with Gasteiger partial charge in [-0.05, 0) is 52.7 Å². The van der Waals surface area contributed by atoms with Crippen LogP contribution in [-0.4, -0.2) is 36.1 Å². The molecule has 0 aromatic rings. The zero-order chi connectivity index (χ0) is 11.3. The summed E-state index contributed by atoms with van der Waals surface area (Å²) in [6.45, 7) is 10.1. The van der Waals surface area contributed by atoms with Gasteiger partial charge in [0.15, 0.2) is 0 Å². The summed E-state index contributed by atoms with van der Waals surface area (Å²) in [6, 6.07) is 0.601. The molecule has 2 nitrogen and oxygen atoms in total. The van der Waals surface area contributed by atoms with E-state index < -0.39 is 0 Å². The Morgan fingerprint density at radius 3 is 2.47 bits per heavy atom. The predicted octanol–water partition coefficient (Wildman–Crippen LogP) is 1.86. The fourth-order valence-electron chi connectivity index (χ4n) is 2.17. The fourth-order valence-corrected chi connectivity index (χ4v) is 2.17. The van der Waals surface area contributed by atoms with Crippen molar-refractivity contribution in [3.8, 4) is 12.3 Å². The van der Waals surface area contributed by atoms with E-state index in [4.69, 9.17) is 6.42 Å². The van der Waals surface area contributed by atoms with Gasteiger partial charge in [0.25, 0.3) is 0 Å². The van der Waals surface area contributed by atoms with Crippen LogP contribution in [0.5, 0.6) is 0 Å². The van der Waals surface area contributed by atoms with E-state index >= 15 is 0 Å². The Kier molecular flexibility index (Phi) is 4.63. The van der Waals surface area contributed by atoms with E-state index in [1.807, 2.05) is 0 Å². The lowest BCUT2D eigenvalue weighted by molar-refractivity contribution is 0.187. The van der Waals surface area contributed by atoms with Crippen molar-refractivity contribution in [3.05, 3.63) is 0 Å². The third-order valence-electron chi connectivity index (χ3n) is 3.05. The maximum absolute atomic E-state index is 5.48. The number of piperidine rings is 1. The molecule has 1 heterocycles. The Hall–Kier alpha value is -0.520. The van der Waals surface area contributed by atoms with Gasteiger partial charge in [0.05, 0.1) is 5.54 Å². The van der Waals surface area contributed by atoms with Gasteiger partial charge in [-0.2, -0.15) is 0 Å². The molecule has 1 N–H and O–H groups in total. The van der Waals surface area contributed by atoms with Crippen molar-refractivity contribution in [3.63, 3.8) is 0 Å². The Balaban J connectivity index is 2.29. The molecule has 1 saturated heterocycles. The van der Waals surface area contributed by atoms with E-state index in [0.29, 0.717) is 6.04 Å². The summed E-state index contributed by atoms with van der Waals surface area (Å²) in [5.74, 6) is 2.80. The number of hydrogen-bond acceptors (Lipinski definition) is 2. The molecule has 86 valence electrons. The zero-order valence-corrected chi connectivity index (χ0v) is 10.3. The molecule has 0 atom stereocenters. The van der Waals surface area contributed by atoms with E-state index in [1.165, 1.54) is 38.9 Å². The number of hydrogen-bond donors (Lipinski definition) is 1. The van der Waals surface area contributed by atoms with Gasteiger partial charge in [-0.1, -0.05) is 12.8 Å². The number of terminal acetylenes is 1. The lowest BCUT2D eigenvalue weighted by Crippen LogP contribution is -2.50. The monoisotopic (exact) mass is 208 g/mol. The number of nitrogens with one attached hydrogen (secondary N) is 1. The molecule has 2 heteroatoms. The topological polar surface area (TPSA) is 15.3 Å². The van der Waals surface area contributed by atoms with Gasteiger partial charge in [-0.25, -0.2) is 0 Å². The Morgan fingerprint density at radius 1 is 1.40 bits per heavy atom. The van der Waals surface area contributed by atoms with Crippen LogP contribution >= 0.6 is 0 Å². The first kappa shape index (κ1) is 12.5. The summed E-state index contributed by atoms with van der Waals surface area (Å²) in [6.07, 6.45) is 9.19. The summed E-state index contributed by atoms with van der Waals surface area (Å²) in [4.78, 5) is 2.54. The van der Waals surface area contributed by atoms with Crippen molar-refractivity contribution in [1.82, 2.24) is 10.2 Å².